The summed E-state index contributed by atoms with van der Waals surface area (Å²) in [6, 6.07) is 14.5. The number of nitrogens with zero attached hydrogens (tertiary/aromatic N) is 1. The summed E-state index contributed by atoms with van der Waals surface area (Å²) in [5.74, 6) is -0.970. The number of amides is 1. The third kappa shape index (κ3) is 4.18. The lowest BCUT2D eigenvalue weighted by atomic mass is 10.1. The highest BCUT2D eigenvalue weighted by atomic mass is 35.5. The standard InChI is InChI=1S/C20H16ClFN2O2/c1-13-3-2-4-14(9-13)11-24-12-15(5-8-19(24)25)20(26)23-16-6-7-18(22)17(21)10-16/h2-10,12H,11H2,1H3,(H,23,26). The molecule has 1 heterocycles. The van der Waals surface area contributed by atoms with Crippen molar-refractivity contribution in [1.82, 2.24) is 4.57 Å². The number of anilines is 1. The zero-order valence-corrected chi connectivity index (χ0v) is 14.8. The molecule has 3 aromatic rings. The van der Waals surface area contributed by atoms with Crippen LogP contribution in [0.15, 0.2) is 65.6 Å². The predicted octanol–water partition coefficient (Wildman–Crippen LogP) is 4.25. The number of nitrogens with one attached hydrogen (secondary N) is 1. The van der Waals surface area contributed by atoms with E-state index in [0.717, 1.165) is 11.1 Å². The molecule has 0 aliphatic rings. The van der Waals surface area contributed by atoms with E-state index in [1.54, 1.807) is 0 Å². The van der Waals surface area contributed by atoms with Crippen LogP contribution in [0, 0.1) is 12.7 Å². The molecule has 3 rings (SSSR count). The molecule has 1 N–H and O–H groups in total. The summed E-state index contributed by atoms with van der Waals surface area (Å²) in [6.45, 7) is 2.34. The van der Waals surface area contributed by atoms with Gasteiger partial charge in [-0.2, -0.15) is 0 Å². The molecular weight excluding hydrogens is 355 g/mol. The van der Waals surface area contributed by atoms with E-state index >= 15 is 0 Å². The first-order valence-electron chi connectivity index (χ1n) is 7.95. The first-order chi connectivity index (χ1) is 12.4. The van der Waals surface area contributed by atoms with Gasteiger partial charge in [-0.3, -0.25) is 9.59 Å². The highest BCUT2D eigenvalue weighted by Crippen LogP contribution is 2.19. The molecule has 132 valence electrons. The van der Waals surface area contributed by atoms with Crippen molar-refractivity contribution in [3.05, 3.63) is 98.7 Å². The van der Waals surface area contributed by atoms with Crippen molar-refractivity contribution in [2.75, 3.05) is 5.32 Å². The molecule has 0 aliphatic carbocycles. The van der Waals surface area contributed by atoms with Crippen LogP contribution in [0.25, 0.3) is 0 Å². The van der Waals surface area contributed by atoms with Gasteiger partial charge < -0.3 is 9.88 Å². The van der Waals surface area contributed by atoms with Crippen molar-refractivity contribution < 1.29 is 9.18 Å². The molecular formula is C20H16ClFN2O2. The normalized spacial score (nSPS) is 10.6. The van der Waals surface area contributed by atoms with Gasteiger partial charge in [-0.05, 0) is 36.8 Å². The molecule has 0 fully saturated rings. The third-order valence-electron chi connectivity index (χ3n) is 3.86. The quantitative estimate of drug-likeness (QED) is 0.746. The average Bonchev–Trinajstić information content (AvgIpc) is 2.60. The van der Waals surface area contributed by atoms with Crippen LogP contribution in [-0.4, -0.2) is 10.5 Å². The highest BCUT2D eigenvalue weighted by Gasteiger charge is 2.10. The Kier molecular flexibility index (Phi) is 5.19. The molecule has 1 amide bonds. The van der Waals surface area contributed by atoms with E-state index in [2.05, 4.69) is 5.32 Å². The maximum absolute atomic E-state index is 13.2. The molecule has 0 aliphatic heterocycles. The first-order valence-corrected chi connectivity index (χ1v) is 8.32. The van der Waals surface area contributed by atoms with Gasteiger partial charge in [0.05, 0.1) is 17.1 Å². The SMILES string of the molecule is Cc1cccc(Cn2cc(C(=O)Nc3ccc(F)c(Cl)c3)ccc2=O)c1. The van der Waals surface area contributed by atoms with E-state index in [4.69, 9.17) is 11.6 Å². The van der Waals surface area contributed by atoms with Gasteiger partial charge in [0.15, 0.2) is 0 Å². The second-order valence-corrected chi connectivity index (χ2v) is 6.36. The van der Waals surface area contributed by atoms with Crippen LogP contribution in [-0.2, 0) is 6.54 Å². The molecule has 1 aromatic heterocycles. The van der Waals surface area contributed by atoms with Gasteiger partial charge in [0.25, 0.3) is 11.5 Å². The van der Waals surface area contributed by atoms with Gasteiger partial charge in [-0.15, -0.1) is 0 Å². The zero-order chi connectivity index (χ0) is 18.7. The average molecular weight is 371 g/mol. The molecule has 2 aromatic carbocycles. The van der Waals surface area contributed by atoms with E-state index in [1.165, 1.54) is 41.1 Å². The maximum Gasteiger partial charge on any atom is 0.257 e. The lowest BCUT2D eigenvalue weighted by molar-refractivity contribution is 0.102. The molecule has 6 heteroatoms. The summed E-state index contributed by atoms with van der Waals surface area (Å²) in [6.07, 6.45) is 1.51. The second kappa shape index (κ2) is 7.54. The van der Waals surface area contributed by atoms with Gasteiger partial charge in [0.1, 0.15) is 5.82 Å². The smallest absolute Gasteiger partial charge is 0.257 e. The Balaban J connectivity index is 1.83. The molecule has 0 unspecified atom stereocenters. The number of carbonyl (C=O) groups is 1. The Morgan fingerprint density at radius 1 is 1.15 bits per heavy atom. The Morgan fingerprint density at radius 2 is 1.96 bits per heavy atom. The molecule has 26 heavy (non-hydrogen) atoms. The number of aryl methyl sites for hydroxylation is 1. The van der Waals surface area contributed by atoms with E-state index < -0.39 is 11.7 Å². The summed E-state index contributed by atoms with van der Waals surface area (Å²) >= 11 is 5.72. The van der Waals surface area contributed by atoms with E-state index in [9.17, 15) is 14.0 Å². The van der Waals surface area contributed by atoms with Crippen molar-refractivity contribution in [1.29, 1.82) is 0 Å². The summed E-state index contributed by atoms with van der Waals surface area (Å²) < 4.78 is 14.7. The van der Waals surface area contributed by atoms with E-state index in [0.29, 0.717) is 17.8 Å². The van der Waals surface area contributed by atoms with Gasteiger partial charge in [0.2, 0.25) is 0 Å². The predicted molar refractivity (Wildman–Crippen MR) is 100 cm³/mol. The van der Waals surface area contributed by atoms with Crippen LogP contribution in [0.2, 0.25) is 5.02 Å². The monoisotopic (exact) mass is 370 g/mol. The number of halogens is 2. The minimum atomic E-state index is -0.559. The van der Waals surface area contributed by atoms with E-state index in [1.807, 2.05) is 31.2 Å². The number of hydrogen-bond donors (Lipinski definition) is 1. The Morgan fingerprint density at radius 3 is 2.69 bits per heavy atom. The van der Waals surface area contributed by atoms with Crippen molar-refractivity contribution in [2.24, 2.45) is 0 Å². The van der Waals surface area contributed by atoms with Crippen LogP contribution < -0.4 is 10.9 Å². The molecule has 0 radical (unpaired) electrons. The maximum atomic E-state index is 13.2. The molecule has 0 saturated carbocycles. The Labute approximate surface area is 154 Å². The van der Waals surface area contributed by atoms with Crippen molar-refractivity contribution in [2.45, 2.75) is 13.5 Å². The summed E-state index contributed by atoms with van der Waals surface area (Å²) in [7, 11) is 0. The van der Waals surface area contributed by atoms with Crippen LogP contribution >= 0.6 is 11.6 Å². The molecule has 0 atom stereocenters. The van der Waals surface area contributed by atoms with Crippen LogP contribution in [0.5, 0.6) is 0 Å². The minimum absolute atomic E-state index is 0.0767. The number of carbonyl (C=O) groups excluding carboxylic acids is 1. The van der Waals surface area contributed by atoms with Gasteiger partial charge in [-0.1, -0.05) is 41.4 Å². The third-order valence-corrected chi connectivity index (χ3v) is 4.15. The molecule has 0 saturated heterocycles. The lowest BCUT2D eigenvalue weighted by Crippen LogP contribution is -2.22. The summed E-state index contributed by atoms with van der Waals surface area (Å²) in [4.78, 5) is 24.5. The van der Waals surface area contributed by atoms with Crippen molar-refractivity contribution in [3.8, 4) is 0 Å². The van der Waals surface area contributed by atoms with Gasteiger partial charge in [0, 0.05) is 18.0 Å². The van der Waals surface area contributed by atoms with E-state index in [-0.39, 0.29) is 10.6 Å². The zero-order valence-electron chi connectivity index (χ0n) is 14.0. The highest BCUT2D eigenvalue weighted by molar-refractivity contribution is 6.31. The molecule has 4 nitrogen and oxygen atoms in total. The summed E-state index contributed by atoms with van der Waals surface area (Å²) in [5.41, 5.74) is 2.55. The lowest BCUT2D eigenvalue weighted by Gasteiger charge is -2.10. The second-order valence-electron chi connectivity index (χ2n) is 5.96. The minimum Gasteiger partial charge on any atom is -0.322 e. The molecule has 0 bridgehead atoms. The van der Waals surface area contributed by atoms with Crippen LogP contribution in [0.1, 0.15) is 21.5 Å². The number of benzene rings is 2. The first kappa shape index (κ1) is 17.9. The Bertz CT molecular complexity index is 1030. The number of aromatic nitrogens is 1. The van der Waals surface area contributed by atoms with Crippen molar-refractivity contribution in [3.63, 3.8) is 0 Å². The van der Waals surface area contributed by atoms with Gasteiger partial charge >= 0.3 is 0 Å². The van der Waals surface area contributed by atoms with Gasteiger partial charge in [-0.25, -0.2) is 4.39 Å². The van der Waals surface area contributed by atoms with Crippen LogP contribution in [0.4, 0.5) is 10.1 Å². The van der Waals surface area contributed by atoms with Crippen molar-refractivity contribution >= 4 is 23.2 Å². The molecule has 0 spiro atoms. The summed E-state index contributed by atoms with van der Waals surface area (Å²) in [5, 5.41) is 2.56. The Hall–Kier alpha value is -2.92. The number of pyridine rings is 1. The number of rotatable bonds is 4. The number of hydrogen-bond acceptors (Lipinski definition) is 2. The fourth-order valence-electron chi connectivity index (χ4n) is 2.57. The van der Waals surface area contributed by atoms with Crippen LogP contribution in [0.3, 0.4) is 0 Å². The fraction of sp³-hybridized carbons (Fsp3) is 0.100. The topological polar surface area (TPSA) is 51.1 Å². The fourth-order valence-corrected chi connectivity index (χ4v) is 2.75. The largest absolute Gasteiger partial charge is 0.322 e.